The van der Waals surface area contributed by atoms with Crippen molar-refractivity contribution in [1.82, 2.24) is 4.57 Å². The minimum Gasteiger partial charge on any atom is -0.316 e. The molecule has 1 aromatic heterocycles. The van der Waals surface area contributed by atoms with Crippen molar-refractivity contribution in [2.75, 3.05) is 0 Å². The van der Waals surface area contributed by atoms with Crippen molar-refractivity contribution < 1.29 is 0 Å². The fraction of sp³-hybridized carbons (Fsp3) is 0.500. The molecule has 0 radical (unpaired) electrons. The lowest BCUT2D eigenvalue weighted by Gasteiger charge is -2.02. The van der Waals surface area contributed by atoms with E-state index < -0.39 is 0 Å². The average molecular weight is 167 g/mol. The molecule has 0 atom stereocenters. The number of pyridine rings is 1. The molecule has 0 spiro atoms. The van der Waals surface area contributed by atoms with E-state index in [4.69, 9.17) is 0 Å². The van der Waals surface area contributed by atoms with Crippen LogP contribution in [0.15, 0.2) is 23.0 Å². The Morgan fingerprint density at radius 2 is 1.92 bits per heavy atom. The lowest BCUT2D eigenvalue weighted by atomic mass is 10.3. The normalized spacial score (nSPS) is 8.67. The third-order valence-electron chi connectivity index (χ3n) is 1.65. The maximum Gasteiger partial charge on any atom is 0.250 e. The molecular weight excluding hydrogens is 150 g/mol. The first kappa shape index (κ1) is 11.0. The number of hydrogen-bond donors (Lipinski definition) is 0. The fourth-order valence-corrected chi connectivity index (χ4v) is 0.962. The SMILES string of the molecule is CC.CCc1cccc(=O)n1C. The lowest BCUT2D eigenvalue weighted by Crippen LogP contribution is -2.17. The zero-order valence-corrected chi connectivity index (χ0v) is 8.29. The Hall–Kier alpha value is -1.05. The lowest BCUT2D eigenvalue weighted by molar-refractivity contribution is 0.782. The summed E-state index contributed by atoms with van der Waals surface area (Å²) in [5.74, 6) is 0. The van der Waals surface area contributed by atoms with E-state index in [9.17, 15) is 4.79 Å². The van der Waals surface area contributed by atoms with Gasteiger partial charge in [-0.25, -0.2) is 0 Å². The van der Waals surface area contributed by atoms with Gasteiger partial charge in [0.05, 0.1) is 0 Å². The second kappa shape index (κ2) is 5.58. The molecule has 1 aromatic rings. The number of nitrogens with zero attached hydrogens (tertiary/aromatic N) is 1. The smallest absolute Gasteiger partial charge is 0.250 e. The Morgan fingerprint density at radius 3 is 2.33 bits per heavy atom. The van der Waals surface area contributed by atoms with Crippen LogP contribution >= 0.6 is 0 Å². The minimum atomic E-state index is 0.0688. The number of hydrogen-bond acceptors (Lipinski definition) is 1. The molecule has 0 N–H and O–H groups in total. The molecule has 1 heterocycles. The van der Waals surface area contributed by atoms with Gasteiger partial charge in [0.25, 0.3) is 0 Å². The number of rotatable bonds is 1. The Kier molecular flexibility index (Phi) is 5.09. The minimum absolute atomic E-state index is 0.0688. The van der Waals surface area contributed by atoms with E-state index in [0.29, 0.717) is 0 Å². The standard InChI is InChI=1S/C8H11NO.C2H6/c1-3-7-5-4-6-8(10)9(7)2;1-2/h4-6H,3H2,1-2H3;1-2H3. The van der Waals surface area contributed by atoms with Gasteiger partial charge in [0.1, 0.15) is 0 Å². The van der Waals surface area contributed by atoms with E-state index in [-0.39, 0.29) is 5.56 Å². The molecule has 0 unspecified atom stereocenters. The van der Waals surface area contributed by atoms with Crippen LogP contribution in [0.4, 0.5) is 0 Å². The van der Waals surface area contributed by atoms with Crippen molar-refractivity contribution in [3.05, 3.63) is 34.2 Å². The van der Waals surface area contributed by atoms with Crippen LogP contribution in [-0.2, 0) is 13.5 Å². The Morgan fingerprint density at radius 1 is 1.33 bits per heavy atom. The van der Waals surface area contributed by atoms with E-state index in [0.717, 1.165) is 12.1 Å². The fourth-order valence-electron chi connectivity index (χ4n) is 0.962. The summed E-state index contributed by atoms with van der Waals surface area (Å²) in [5, 5.41) is 0. The van der Waals surface area contributed by atoms with Crippen LogP contribution in [0, 0.1) is 0 Å². The van der Waals surface area contributed by atoms with Crippen LogP contribution in [-0.4, -0.2) is 4.57 Å². The van der Waals surface area contributed by atoms with E-state index in [2.05, 4.69) is 0 Å². The van der Waals surface area contributed by atoms with Gasteiger partial charge in [0.2, 0.25) is 5.56 Å². The molecule has 0 amide bonds. The molecule has 12 heavy (non-hydrogen) atoms. The molecule has 68 valence electrons. The molecule has 0 aliphatic heterocycles. The van der Waals surface area contributed by atoms with Crippen molar-refractivity contribution in [2.45, 2.75) is 27.2 Å². The van der Waals surface area contributed by atoms with E-state index >= 15 is 0 Å². The first-order chi connectivity index (χ1) is 5.75. The molecule has 0 saturated carbocycles. The highest BCUT2D eigenvalue weighted by molar-refractivity contribution is 5.05. The summed E-state index contributed by atoms with van der Waals surface area (Å²) in [5.41, 5.74) is 1.15. The monoisotopic (exact) mass is 167 g/mol. The van der Waals surface area contributed by atoms with Crippen LogP contribution in [0.1, 0.15) is 26.5 Å². The van der Waals surface area contributed by atoms with Gasteiger partial charge in [-0.15, -0.1) is 0 Å². The van der Waals surface area contributed by atoms with E-state index in [1.54, 1.807) is 23.7 Å². The van der Waals surface area contributed by atoms with E-state index in [1.165, 1.54) is 0 Å². The second-order valence-corrected chi connectivity index (χ2v) is 2.27. The summed E-state index contributed by atoms with van der Waals surface area (Å²) in [6.07, 6.45) is 0.909. The molecular formula is C10H17NO. The molecule has 0 saturated heterocycles. The van der Waals surface area contributed by atoms with Crippen LogP contribution in [0.3, 0.4) is 0 Å². The highest BCUT2D eigenvalue weighted by Gasteiger charge is 1.93. The molecule has 1 rings (SSSR count). The number of aromatic nitrogens is 1. The second-order valence-electron chi connectivity index (χ2n) is 2.27. The van der Waals surface area contributed by atoms with Gasteiger partial charge >= 0.3 is 0 Å². The summed E-state index contributed by atoms with van der Waals surface area (Å²) in [6.45, 7) is 6.04. The molecule has 2 heteroatoms. The zero-order chi connectivity index (χ0) is 9.56. The van der Waals surface area contributed by atoms with Gasteiger partial charge in [-0.2, -0.15) is 0 Å². The summed E-state index contributed by atoms with van der Waals surface area (Å²) in [4.78, 5) is 11.0. The summed E-state index contributed by atoms with van der Waals surface area (Å²) in [7, 11) is 1.79. The van der Waals surface area contributed by atoms with Gasteiger partial charge in [-0.05, 0) is 12.5 Å². The van der Waals surface area contributed by atoms with Crippen LogP contribution < -0.4 is 5.56 Å². The Labute approximate surface area is 73.9 Å². The predicted molar refractivity (Wildman–Crippen MR) is 52.4 cm³/mol. The summed E-state index contributed by atoms with van der Waals surface area (Å²) < 4.78 is 1.67. The maximum atomic E-state index is 11.0. The largest absolute Gasteiger partial charge is 0.316 e. The third kappa shape index (κ3) is 2.53. The Balaban J connectivity index is 0.000000561. The average Bonchev–Trinajstić information content (AvgIpc) is 2.13. The van der Waals surface area contributed by atoms with Crippen molar-refractivity contribution in [3.63, 3.8) is 0 Å². The van der Waals surface area contributed by atoms with Crippen molar-refractivity contribution in [2.24, 2.45) is 7.05 Å². The zero-order valence-electron chi connectivity index (χ0n) is 8.29. The van der Waals surface area contributed by atoms with Crippen LogP contribution in [0.2, 0.25) is 0 Å². The number of aryl methyl sites for hydroxylation is 1. The van der Waals surface area contributed by atoms with Gasteiger partial charge in [0.15, 0.2) is 0 Å². The molecule has 0 aliphatic rings. The van der Waals surface area contributed by atoms with Crippen molar-refractivity contribution in [1.29, 1.82) is 0 Å². The van der Waals surface area contributed by atoms with E-state index in [1.807, 2.05) is 26.8 Å². The summed E-state index contributed by atoms with van der Waals surface area (Å²) in [6, 6.07) is 5.32. The highest BCUT2D eigenvalue weighted by Crippen LogP contribution is 1.93. The van der Waals surface area contributed by atoms with Crippen molar-refractivity contribution in [3.8, 4) is 0 Å². The van der Waals surface area contributed by atoms with Crippen LogP contribution in [0.5, 0.6) is 0 Å². The summed E-state index contributed by atoms with van der Waals surface area (Å²) >= 11 is 0. The molecule has 2 nitrogen and oxygen atoms in total. The molecule has 0 aromatic carbocycles. The highest BCUT2D eigenvalue weighted by atomic mass is 16.1. The first-order valence-electron chi connectivity index (χ1n) is 4.40. The Bertz CT molecular complexity index is 275. The predicted octanol–water partition coefficient (Wildman–Crippen LogP) is 1.97. The third-order valence-corrected chi connectivity index (χ3v) is 1.65. The first-order valence-corrected chi connectivity index (χ1v) is 4.40. The van der Waals surface area contributed by atoms with Crippen molar-refractivity contribution >= 4 is 0 Å². The quantitative estimate of drug-likeness (QED) is 0.626. The van der Waals surface area contributed by atoms with Gasteiger partial charge < -0.3 is 4.57 Å². The molecule has 0 aliphatic carbocycles. The van der Waals surface area contributed by atoms with Gasteiger partial charge in [-0.1, -0.05) is 26.8 Å². The maximum absolute atomic E-state index is 11.0. The van der Waals surface area contributed by atoms with Gasteiger partial charge in [-0.3, -0.25) is 4.79 Å². The van der Waals surface area contributed by atoms with Crippen LogP contribution in [0.25, 0.3) is 0 Å². The molecule has 0 bridgehead atoms. The topological polar surface area (TPSA) is 22.0 Å². The molecule has 0 fully saturated rings. The van der Waals surface area contributed by atoms with Gasteiger partial charge in [0, 0.05) is 18.8 Å².